The Morgan fingerprint density at radius 2 is 1.56 bits per heavy atom. The summed E-state index contributed by atoms with van der Waals surface area (Å²) in [6.07, 6.45) is 2.89. The number of carbonyl (C=O) groups excluding carboxylic acids is 1. The average molecular weight is 363 g/mol. The number of halogens is 1. The monoisotopic (exact) mass is 362 g/mol. The van der Waals surface area contributed by atoms with Crippen molar-refractivity contribution >= 4 is 29.2 Å². The Kier molecular flexibility index (Phi) is 4.36. The number of carboxylic acids is 1. The van der Waals surface area contributed by atoms with E-state index in [1.807, 2.05) is 29.2 Å². The molecule has 1 saturated heterocycles. The molecule has 0 unspecified atom stereocenters. The number of hydrogen-bond acceptors (Lipinski definition) is 3. The van der Waals surface area contributed by atoms with E-state index in [0.717, 1.165) is 38.0 Å². The zero-order valence-corrected chi connectivity index (χ0v) is 14.9. The summed E-state index contributed by atoms with van der Waals surface area (Å²) in [6.45, 7) is 2.85. The fraction of sp³-hybridized carbons (Fsp3) is 0.579. The van der Waals surface area contributed by atoms with E-state index in [-0.39, 0.29) is 23.7 Å². The predicted molar refractivity (Wildman–Crippen MR) is 95.7 cm³/mol. The smallest absolute Gasteiger partial charge is 0.307 e. The first-order valence-electron chi connectivity index (χ1n) is 9.06. The lowest BCUT2D eigenvalue weighted by molar-refractivity contribution is -0.153. The van der Waals surface area contributed by atoms with Gasteiger partial charge in [0.05, 0.1) is 11.8 Å². The van der Waals surface area contributed by atoms with Gasteiger partial charge in [-0.05, 0) is 55.4 Å². The SMILES string of the molecule is O=C(O)[C@@H]1[C@@H]2CC[C@@H](C2)[C@@H]1C(=O)N1CCN(c2ccc(Cl)cc2)CC1. The van der Waals surface area contributed by atoms with E-state index in [0.29, 0.717) is 18.1 Å². The van der Waals surface area contributed by atoms with E-state index in [4.69, 9.17) is 11.6 Å². The van der Waals surface area contributed by atoms with Gasteiger partial charge in [-0.3, -0.25) is 9.59 Å². The molecule has 1 heterocycles. The number of hydrogen-bond donors (Lipinski definition) is 1. The third-order valence-electron chi connectivity index (χ3n) is 6.27. The molecule has 2 bridgehead atoms. The molecule has 1 aromatic rings. The third-order valence-corrected chi connectivity index (χ3v) is 6.52. The third kappa shape index (κ3) is 2.99. The zero-order chi connectivity index (χ0) is 17.6. The van der Waals surface area contributed by atoms with Crippen LogP contribution < -0.4 is 4.90 Å². The van der Waals surface area contributed by atoms with E-state index < -0.39 is 11.9 Å². The largest absolute Gasteiger partial charge is 0.481 e. The molecule has 0 radical (unpaired) electrons. The van der Waals surface area contributed by atoms with Crippen molar-refractivity contribution in [1.29, 1.82) is 0 Å². The highest BCUT2D eigenvalue weighted by atomic mass is 35.5. The van der Waals surface area contributed by atoms with E-state index in [1.165, 1.54) is 0 Å². The van der Waals surface area contributed by atoms with Crippen molar-refractivity contribution in [3.63, 3.8) is 0 Å². The number of fused-ring (bicyclic) bond motifs is 2. The molecule has 5 nitrogen and oxygen atoms in total. The Balaban J connectivity index is 1.41. The van der Waals surface area contributed by atoms with Gasteiger partial charge in [-0.2, -0.15) is 0 Å². The standard InChI is InChI=1S/C19H23ClN2O3/c20-14-3-5-15(6-4-14)21-7-9-22(10-8-21)18(23)16-12-1-2-13(11-12)17(16)19(24)25/h3-6,12-13,16-17H,1-2,7-11H2,(H,24,25)/t12-,13+,16-,17+/m0/s1. The number of rotatable bonds is 3. The Labute approximate surface area is 152 Å². The summed E-state index contributed by atoms with van der Waals surface area (Å²) in [5, 5.41) is 10.3. The summed E-state index contributed by atoms with van der Waals surface area (Å²) >= 11 is 5.94. The van der Waals surface area contributed by atoms with Crippen molar-refractivity contribution < 1.29 is 14.7 Å². The number of nitrogens with zero attached hydrogens (tertiary/aromatic N) is 2. The maximum absolute atomic E-state index is 13.0. The second-order valence-electron chi connectivity index (χ2n) is 7.51. The number of anilines is 1. The van der Waals surface area contributed by atoms with Crippen LogP contribution in [0.2, 0.25) is 5.02 Å². The molecule has 1 N–H and O–H groups in total. The number of aliphatic carboxylic acids is 1. The van der Waals surface area contributed by atoms with E-state index in [1.54, 1.807) is 0 Å². The molecule has 4 rings (SSSR count). The Morgan fingerprint density at radius 3 is 2.16 bits per heavy atom. The first-order chi connectivity index (χ1) is 12.0. The second-order valence-corrected chi connectivity index (χ2v) is 7.95. The lowest BCUT2D eigenvalue weighted by atomic mass is 9.78. The molecule has 0 spiro atoms. The number of amides is 1. The molecule has 4 atom stereocenters. The van der Waals surface area contributed by atoms with Crippen molar-refractivity contribution in [2.45, 2.75) is 19.3 Å². The van der Waals surface area contributed by atoms with Crippen molar-refractivity contribution in [2.75, 3.05) is 31.1 Å². The van der Waals surface area contributed by atoms with Gasteiger partial charge in [-0.25, -0.2) is 0 Å². The van der Waals surface area contributed by atoms with Gasteiger partial charge < -0.3 is 14.9 Å². The van der Waals surface area contributed by atoms with Crippen LogP contribution in [0.15, 0.2) is 24.3 Å². The van der Waals surface area contributed by atoms with Gasteiger partial charge in [0.2, 0.25) is 5.91 Å². The Bertz CT molecular complexity index is 670. The summed E-state index contributed by atoms with van der Waals surface area (Å²) in [6, 6.07) is 7.74. The summed E-state index contributed by atoms with van der Waals surface area (Å²) in [4.78, 5) is 28.8. The highest BCUT2D eigenvalue weighted by molar-refractivity contribution is 6.30. The maximum atomic E-state index is 13.0. The van der Waals surface area contributed by atoms with Crippen LogP contribution in [0, 0.1) is 23.7 Å². The molecule has 1 aromatic carbocycles. The fourth-order valence-electron chi connectivity index (χ4n) is 5.05. The van der Waals surface area contributed by atoms with Crippen molar-refractivity contribution in [3.8, 4) is 0 Å². The Morgan fingerprint density at radius 1 is 0.960 bits per heavy atom. The Hall–Kier alpha value is -1.75. The first-order valence-corrected chi connectivity index (χ1v) is 9.44. The van der Waals surface area contributed by atoms with Crippen LogP contribution in [0.5, 0.6) is 0 Å². The zero-order valence-electron chi connectivity index (χ0n) is 14.1. The van der Waals surface area contributed by atoms with Crippen molar-refractivity contribution in [1.82, 2.24) is 4.90 Å². The number of benzene rings is 1. The van der Waals surface area contributed by atoms with Gasteiger partial charge in [0.25, 0.3) is 0 Å². The van der Waals surface area contributed by atoms with Crippen LogP contribution in [-0.2, 0) is 9.59 Å². The maximum Gasteiger partial charge on any atom is 0.307 e. The minimum Gasteiger partial charge on any atom is -0.481 e. The molecule has 2 aliphatic carbocycles. The molecule has 2 saturated carbocycles. The van der Waals surface area contributed by atoms with E-state index in [2.05, 4.69) is 4.90 Å². The van der Waals surface area contributed by atoms with Gasteiger partial charge in [0.1, 0.15) is 0 Å². The van der Waals surface area contributed by atoms with E-state index >= 15 is 0 Å². The van der Waals surface area contributed by atoms with Crippen LogP contribution >= 0.6 is 11.6 Å². The fourth-order valence-corrected chi connectivity index (χ4v) is 5.18. The molecule has 134 valence electrons. The van der Waals surface area contributed by atoms with Gasteiger partial charge in [-0.15, -0.1) is 0 Å². The summed E-state index contributed by atoms with van der Waals surface area (Å²) in [7, 11) is 0. The van der Waals surface area contributed by atoms with Gasteiger partial charge in [0, 0.05) is 36.9 Å². The van der Waals surface area contributed by atoms with Crippen LogP contribution in [0.3, 0.4) is 0 Å². The average Bonchev–Trinajstić information content (AvgIpc) is 3.23. The molecule has 3 aliphatic rings. The quantitative estimate of drug-likeness (QED) is 0.898. The molecule has 25 heavy (non-hydrogen) atoms. The van der Waals surface area contributed by atoms with E-state index in [9.17, 15) is 14.7 Å². The molecule has 6 heteroatoms. The van der Waals surface area contributed by atoms with Crippen molar-refractivity contribution in [2.24, 2.45) is 23.7 Å². The molecule has 0 aromatic heterocycles. The van der Waals surface area contributed by atoms with Crippen molar-refractivity contribution in [3.05, 3.63) is 29.3 Å². The topological polar surface area (TPSA) is 60.9 Å². The normalized spacial score (nSPS) is 31.4. The lowest BCUT2D eigenvalue weighted by Gasteiger charge is -2.39. The van der Waals surface area contributed by atoms with Crippen LogP contribution in [0.1, 0.15) is 19.3 Å². The van der Waals surface area contributed by atoms with Crippen LogP contribution in [-0.4, -0.2) is 48.1 Å². The summed E-state index contributed by atoms with van der Waals surface area (Å²) in [5.41, 5.74) is 1.11. The molecule has 3 fully saturated rings. The predicted octanol–water partition coefficient (Wildman–Crippen LogP) is 2.74. The van der Waals surface area contributed by atoms with Crippen LogP contribution in [0.4, 0.5) is 5.69 Å². The van der Waals surface area contributed by atoms with Gasteiger partial charge >= 0.3 is 5.97 Å². The number of carbonyl (C=O) groups is 2. The second kappa shape index (κ2) is 6.52. The molecule has 1 aliphatic heterocycles. The highest BCUT2D eigenvalue weighted by Gasteiger charge is 2.54. The first kappa shape index (κ1) is 16.7. The van der Waals surface area contributed by atoms with Gasteiger partial charge in [-0.1, -0.05) is 11.6 Å². The summed E-state index contributed by atoms with van der Waals surface area (Å²) in [5.74, 6) is -1.03. The molecular weight excluding hydrogens is 340 g/mol. The minimum absolute atomic E-state index is 0.0651. The van der Waals surface area contributed by atoms with Crippen LogP contribution in [0.25, 0.3) is 0 Å². The van der Waals surface area contributed by atoms with Gasteiger partial charge in [0.15, 0.2) is 0 Å². The number of piperazine rings is 1. The highest BCUT2D eigenvalue weighted by Crippen LogP contribution is 2.53. The molecule has 1 amide bonds. The number of carboxylic acid groups (broad SMARTS) is 1. The lowest BCUT2D eigenvalue weighted by Crippen LogP contribution is -2.52. The summed E-state index contributed by atoms with van der Waals surface area (Å²) < 4.78 is 0. The molecular formula is C19H23ClN2O3. The minimum atomic E-state index is -0.787.